The van der Waals surface area contributed by atoms with Gasteiger partial charge in [-0.2, -0.15) is 13.2 Å². The van der Waals surface area contributed by atoms with Crippen molar-refractivity contribution in [2.45, 2.75) is 32.4 Å². The number of hydrogen-bond donors (Lipinski definition) is 0. The van der Waals surface area contributed by atoms with Crippen LogP contribution in [0.3, 0.4) is 0 Å². The molecule has 0 amide bonds. The summed E-state index contributed by atoms with van der Waals surface area (Å²) in [4.78, 5) is 6.52. The third-order valence-electron chi connectivity index (χ3n) is 6.63. The van der Waals surface area contributed by atoms with Crippen molar-refractivity contribution in [3.05, 3.63) is 65.9 Å². The predicted molar refractivity (Wildman–Crippen MR) is 134 cm³/mol. The number of ether oxygens (including phenoxy) is 1. The molecule has 1 saturated heterocycles. The molecule has 212 valence electrons. The first kappa shape index (κ1) is 28.8. The minimum absolute atomic E-state index is 0.302. The summed E-state index contributed by atoms with van der Waals surface area (Å²) in [5.74, 6) is 0.348. The van der Waals surface area contributed by atoms with E-state index in [1.807, 2.05) is 11.8 Å². The van der Waals surface area contributed by atoms with E-state index in [-0.39, 0.29) is 5.75 Å². The topological polar surface area (TPSA) is 45.0 Å². The average Bonchev–Trinajstić information content (AvgIpc) is 3.36. The van der Waals surface area contributed by atoms with E-state index >= 15 is 0 Å². The molecule has 3 aromatic rings. The van der Waals surface area contributed by atoms with E-state index in [0.29, 0.717) is 42.3 Å². The summed E-state index contributed by atoms with van der Waals surface area (Å²) in [5, 5.41) is 4.04. The molecule has 4 rings (SSSR count). The third-order valence-corrected chi connectivity index (χ3v) is 6.63. The number of benzene rings is 2. The standard InChI is InChI=1S/C27H30F6N4O2/c1-2-35(19-24-18-25(34-39-24)20-7-9-23(10-8-20)38-27(31,32)33)11-4-12-36-13-15-37(16-14-36)22-6-3-5-21(17-22)26(28,29)30/h3,5-10,17-18H,2,4,11-16,19H2,1H3. The number of alkyl halides is 6. The highest BCUT2D eigenvalue weighted by atomic mass is 19.4. The first-order chi connectivity index (χ1) is 18.5. The van der Waals surface area contributed by atoms with Crippen LogP contribution in [0.15, 0.2) is 59.1 Å². The van der Waals surface area contributed by atoms with E-state index in [9.17, 15) is 26.3 Å². The van der Waals surface area contributed by atoms with E-state index in [4.69, 9.17) is 4.52 Å². The minimum atomic E-state index is -4.74. The van der Waals surface area contributed by atoms with Crippen LogP contribution in [0.5, 0.6) is 5.75 Å². The van der Waals surface area contributed by atoms with Gasteiger partial charge in [0.05, 0.1) is 12.1 Å². The summed E-state index contributed by atoms with van der Waals surface area (Å²) in [6.45, 7) is 7.98. The molecule has 1 aliphatic rings. The molecule has 39 heavy (non-hydrogen) atoms. The molecule has 2 aromatic carbocycles. The first-order valence-electron chi connectivity index (χ1n) is 12.7. The summed E-state index contributed by atoms with van der Waals surface area (Å²) in [6, 6.07) is 12.7. The number of rotatable bonds is 10. The Kier molecular flexibility index (Phi) is 9.06. The molecule has 0 N–H and O–H groups in total. The Balaban J connectivity index is 1.21. The van der Waals surface area contributed by atoms with Gasteiger partial charge in [0.15, 0.2) is 5.76 Å². The molecule has 0 spiro atoms. The molecule has 1 aliphatic heterocycles. The van der Waals surface area contributed by atoms with Crippen LogP contribution in [0.4, 0.5) is 32.0 Å². The van der Waals surface area contributed by atoms with Gasteiger partial charge in [0.2, 0.25) is 0 Å². The molecule has 6 nitrogen and oxygen atoms in total. The van der Waals surface area contributed by atoms with E-state index in [2.05, 4.69) is 19.7 Å². The lowest BCUT2D eigenvalue weighted by Crippen LogP contribution is -2.47. The summed E-state index contributed by atoms with van der Waals surface area (Å²) in [7, 11) is 0. The highest BCUT2D eigenvalue weighted by Gasteiger charge is 2.32. The molecule has 0 radical (unpaired) electrons. The van der Waals surface area contributed by atoms with Crippen molar-refractivity contribution in [2.75, 3.05) is 50.7 Å². The lowest BCUT2D eigenvalue weighted by molar-refractivity contribution is -0.274. The van der Waals surface area contributed by atoms with Crippen molar-refractivity contribution in [3.8, 4) is 17.0 Å². The molecule has 0 aliphatic carbocycles. The van der Waals surface area contributed by atoms with Crippen LogP contribution in [0.1, 0.15) is 24.7 Å². The molecular formula is C27H30F6N4O2. The Morgan fingerprint density at radius 1 is 0.949 bits per heavy atom. The van der Waals surface area contributed by atoms with Gasteiger partial charge >= 0.3 is 12.5 Å². The lowest BCUT2D eigenvalue weighted by atomic mass is 10.1. The van der Waals surface area contributed by atoms with Crippen molar-refractivity contribution in [3.63, 3.8) is 0 Å². The van der Waals surface area contributed by atoms with Crippen molar-refractivity contribution in [2.24, 2.45) is 0 Å². The number of hydrogen-bond acceptors (Lipinski definition) is 6. The van der Waals surface area contributed by atoms with Gasteiger partial charge in [-0.3, -0.25) is 9.80 Å². The second-order valence-electron chi connectivity index (χ2n) is 9.35. The maximum absolute atomic E-state index is 13.0. The molecule has 0 atom stereocenters. The maximum atomic E-state index is 13.0. The van der Waals surface area contributed by atoms with Gasteiger partial charge in [-0.15, -0.1) is 13.2 Å². The number of aromatic nitrogens is 1. The molecule has 2 heterocycles. The van der Waals surface area contributed by atoms with Crippen LogP contribution < -0.4 is 9.64 Å². The van der Waals surface area contributed by atoms with Crippen LogP contribution in [0.2, 0.25) is 0 Å². The highest BCUT2D eigenvalue weighted by Crippen LogP contribution is 2.32. The predicted octanol–water partition coefficient (Wildman–Crippen LogP) is 6.29. The second kappa shape index (κ2) is 12.3. The molecule has 0 saturated carbocycles. The fourth-order valence-corrected chi connectivity index (χ4v) is 4.55. The minimum Gasteiger partial charge on any atom is -0.406 e. The Morgan fingerprint density at radius 2 is 1.67 bits per heavy atom. The average molecular weight is 557 g/mol. The van der Waals surface area contributed by atoms with E-state index in [1.54, 1.807) is 12.1 Å². The zero-order valence-electron chi connectivity index (χ0n) is 21.4. The quantitative estimate of drug-likeness (QED) is 0.274. The zero-order chi connectivity index (χ0) is 28.0. The van der Waals surface area contributed by atoms with E-state index in [0.717, 1.165) is 45.2 Å². The maximum Gasteiger partial charge on any atom is 0.573 e. The number of halogens is 6. The van der Waals surface area contributed by atoms with Crippen LogP contribution in [0, 0.1) is 0 Å². The fraction of sp³-hybridized carbons (Fsp3) is 0.444. The van der Waals surface area contributed by atoms with Gasteiger partial charge in [-0.25, -0.2) is 0 Å². The van der Waals surface area contributed by atoms with Crippen LogP contribution >= 0.6 is 0 Å². The van der Waals surface area contributed by atoms with E-state index in [1.165, 1.54) is 36.4 Å². The second-order valence-corrected chi connectivity index (χ2v) is 9.35. The van der Waals surface area contributed by atoms with Crippen molar-refractivity contribution in [1.82, 2.24) is 15.0 Å². The van der Waals surface area contributed by atoms with Gasteiger partial charge in [0.1, 0.15) is 11.4 Å². The summed E-state index contributed by atoms with van der Waals surface area (Å²) in [5.41, 5.74) is 1.11. The molecule has 0 bridgehead atoms. The number of anilines is 1. The Hall–Kier alpha value is -3.25. The number of piperazine rings is 1. The largest absolute Gasteiger partial charge is 0.573 e. The van der Waals surface area contributed by atoms with Crippen molar-refractivity contribution < 1.29 is 35.6 Å². The summed E-state index contributed by atoms with van der Waals surface area (Å²) in [6.07, 6.45) is -8.18. The Morgan fingerprint density at radius 3 is 2.31 bits per heavy atom. The van der Waals surface area contributed by atoms with Crippen LogP contribution in [-0.4, -0.2) is 67.1 Å². The van der Waals surface area contributed by atoms with Crippen molar-refractivity contribution >= 4 is 5.69 Å². The smallest absolute Gasteiger partial charge is 0.406 e. The van der Waals surface area contributed by atoms with Gasteiger partial charge < -0.3 is 14.2 Å². The van der Waals surface area contributed by atoms with Crippen LogP contribution in [0.25, 0.3) is 11.3 Å². The number of nitrogens with zero attached hydrogens (tertiary/aromatic N) is 4. The SMILES string of the molecule is CCN(CCCN1CCN(c2cccc(C(F)(F)F)c2)CC1)Cc1cc(-c2ccc(OC(F)(F)F)cc2)no1. The van der Waals surface area contributed by atoms with Gasteiger partial charge in [-0.1, -0.05) is 18.1 Å². The van der Waals surface area contributed by atoms with E-state index < -0.39 is 18.1 Å². The zero-order valence-corrected chi connectivity index (χ0v) is 21.4. The Labute approximate surface area is 222 Å². The Bertz CT molecular complexity index is 1190. The van der Waals surface area contributed by atoms with Crippen molar-refractivity contribution in [1.29, 1.82) is 0 Å². The third kappa shape index (κ3) is 8.37. The molecule has 0 unspecified atom stereocenters. The van der Waals surface area contributed by atoms with Crippen LogP contribution in [-0.2, 0) is 12.7 Å². The lowest BCUT2D eigenvalue weighted by Gasteiger charge is -2.36. The molecule has 1 fully saturated rings. The first-order valence-corrected chi connectivity index (χ1v) is 12.7. The molecule has 12 heteroatoms. The summed E-state index contributed by atoms with van der Waals surface area (Å²) >= 11 is 0. The van der Waals surface area contributed by atoms with Gasteiger partial charge in [-0.05, 0) is 68.5 Å². The highest BCUT2D eigenvalue weighted by molar-refractivity contribution is 5.59. The summed E-state index contributed by atoms with van der Waals surface area (Å²) < 4.78 is 85.5. The fourth-order valence-electron chi connectivity index (χ4n) is 4.55. The normalized spacial score (nSPS) is 15.2. The van der Waals surface area contributed by atoms with Gasteiger partial charge in [0, 0.05) is 43.5 Å². The molecule has 1 aromatic heterocycles. The monoisotopic (exact) mass is 556 g/mol. The molecular weight excluding hydrogens is 526 g/mol. The van der Waals surface area contributed by atoms with Gasteiger partial charge in [0.25, 0.3) is 0 Å².